The van der Waals surface area contributed by atoms with Gasteiger partial charge in [0.1, 0.15) is 17.2 Å². The Labute approximate surface area is 205 Å². The van der Waals surface area contributed by atoms with Crippen molar-refractivity contribution >= 4 is 26.8 Å². The Bertz CT molecular complexity index is 1590. The highest BCUT2D eigenvalue weighted by Gasteiger charge is 2.34. The number of para-hydroxylation sites is 1. The lowest BCUT2D eigenvalue weighted by atomic mass is 9.97. The number of fused-ring (bicyclic) bond motifs is 1. The number of rotatable bonds is 6. The summed E-state index contributed by atoms with van der Waals surface area (Å²) in [4.78, 5) is 15.8. The summed E-state index contributed by atoms with van der Waals surface area (Å²) in [5.41, 5.74) is 4.39. The van der Waals surface area contributed by atoms with E-state index in [0.29, 0.717) is 16.9 Å². The number of hydrogen-bond donors (Lipinski definition) is 1. The first kappa shape index (κ1) is 25.1. The molecule has 0 unspecified atom stereocenters. The van der Waals surface area contributed by atoms with Crippen molar-refractivity contribution in [2.75, 3.05) is 14.1 Å². The fraction of sp³-hybridized carbons (Fsp3) is 0.120. The summed E-state index contributed by atoms with van der Waals surface area (Å²) >= 11 is 0. The molecule has 0 atom stereocenters. The number of benzene rings is 3. The van der Waals surface area contributed by atoms with E-state index in [1.807, 2.05) is 0 Å². The van der Waals surface area contributed by atoms with E-state index in [4.69, 9.17) is 10.5 Å². The number of hydrogen-bond acceptors (Lipinski definition) is 5. The van der Waals surface area contributed by atoms with Gasteiger partial charge in [-0.05, 0) is 47.5 Å². The molecule has 0 spiro atoms. The number of alkyl halides is 3. The maximum Gasteiger partial charge on any atom is 0.418 e. The Morgan fingerprint density at radius 2 is 1.58 bits per heavy atom. The molecule has 11 heteroatoms. The molecule has 4 aromatic rings. The summed E-state index contributed by atoms with van der Waals surface area (Å²) in [5, 5.41) is 0.172. The molecule has 7 nitrogen and oxygen atoms in total. The first-order valence-corrected chi connectivity index (χ1v) is 11.9. The molecule has 4 rings (SSSR count). The third kappa shape index (κ3) is 4.88. The minimum Gasteiger partial charge on any atom is -0.457 e. The molecule has 0 aliphatic rings. The van der Waals surface area contributed by atoms with Gasteiger partial charge in [0, 0.05) is 25.5 Å². The summed E-state index contributed by atoms with van der Waals surface area (Å²) in [6, 6.07) is 17.3. The second-order valence-corrected chi connectivity index (χ2v) is 10.2. The molecule has 1 heterocycles. The summed E-state index contributed by atoms with van der Waals surface area (Å²) in [6.45, 7) is 0. The molecular formula is C25H20F3N3O4S. The quantitative estimate of drug-likeness (QED) is 0.387. The first-order chi connectivity index (χ1) is 16.9. The van der Waals surface area contributed by atoms with Crippen molar-refractivity contribution in [3.8, 4) is 22.6 Å². The molecular weight excluding hydrogens is 495 g/mol. The standard InChI is InChI=1S/C25H20F3N3O4S/c1-31(2)36(33,34)18-9-4-8-17(13-18)35-16-7-3-6-15(12-16)20-14-22(24(29)32)30-23-19(20)10-5-11-21(23)25(26,27)28/h3-14H,1-2H3,(H2,29,32). The smallest absolute Gasteiger partial charge is 0.418 e. The van der Waals surface area contributed by atoms with Crippen LogP contribution in [0.5, 0.6) is 11.5 Å². The molecule has 0 radical (unpaired) electrons. The zero-order valence-corrected chi connectivity index (χ0v) is 19.9. The summed E-state index contributed by atoms with van der Waals surface area (Å²) in [5.74, 6) is -0.433. The van der Waals surface area contributed by atoms with Crippen LogP contribution in [-0.2, 0) is 16.2 Å². The van der Waals surface area contributed by atoms with Gasteiger partial charge in [0.15, 0.2) is 0 Å². The maximum atomic E-state index is 13.6. The van der Waals surface area contributed by atoms with Crippen LogP contribution in [0.3, 0.4) is 0 Å². The minimum absolute atomic E-state index is 0.0343. The Morgan fingerprint density at radius 1 is 0.944 bits per heavy atom. The molecule has 0 aliphatic heterocycles. The molecule has 0 aliphatic carbocycles. The summed E-state index contributed by atoms with van der Waals surface area (Å²) in [7, 11) is -0.860. The predicted octanol–water partition coefficient (Wildman–Crippen LogP) is 5.06. The van der Waals surface area contributed by atoms with Gasteiger partial charge in [-0.3, -0.25) is 4.79 Å². The monoisotopic (exact) mass is 515 g/mol. The molecule has 0 saturated heterocycles. The third-order valence-electron chi connectivity index (χ3n) is 5.36. The van der Waals surface area contributed by atoms with Crippen molar-refractivity contribution in [3.05, 3.63) is 84.1 Å². The summed E-state index contributed by atoms with van der Waals surface area (Å²) < 4.78 is 72.7. The van der Waals surface area contributed by atoms with Gasteiger partial charge in [-0.2, -0.15) is 13.2 Å². The number of halogens is 3. The number of carbonyl (C=O) groups excluding carboxylic acids is 1. The molecule has 186 valence electrons. The largest absolute Gasteiger partial charge is 0.457 e. The highest BCUT2D eigenvalue weighted by molar-refractivity contribution is 7.89. The van der Waals surface area contributed by atoms with Gasteiger partial charge < -0.3 is 10.5 Å². The Hall–Kier alpha value is -3.96. The van der Waals surface area contributed by atoms with E-state index in [0.717, 1.165) is 10.4 Å². The average Bonchev–Trinajstić information content (AvgIpc) is 2.82. The number of primary amides is 1. The predicted molar refractivity (Wildman–Crippen MR) is 128 cm³/mol. The molecule has 2 N–H and O–H groups in total. The number of pyridine rings is 1. The van der Waals surface area contributed by atoms with Crippen LogP contribution in [-0.4, -0.2) is 37.7 Å². The van der Waals surface area contributed by atoms with Gasteiger partial charge in [-0.15, -0.1) is 0 Å². The number of aromatic nitrogens is 1. The molecule has 3 aromatic carbocycles. The SMILES string of the molecule is CN(C)S(=O)(=O)c1cccc(Oc2cccc(-c3cc(C(N)=O)nc4c(C(F)(F)F)cccc34)c2)c1. The molecule has 1 aromatic heterocycles. The third-order valence-corrected chi connectivity index (χ3v) is 7.17. The zero-order chi connectivity index (χ0) is 26.3. The lowest BCUT2D eigenvalue weighted by Crippen LogP contribution is -2.22. The van der Waals surface area contributed by atoms with Gasteiger partial charge in [-0.25, -0.2) is 17.7 Å². The van der Waals surface area contributed by atoms with E-state index in [-0.39, 0.29) is 21.7 Å². The van der Waals surface area contributed by atoms with E-state index in [2.05, 4.69) is 4.98 Å². The molecule has 0 saturated carbocycles. The van der Waals surface area contributed by atoms with Crippen LogP contribution in [0, 0.1) is 0 Å². The minimum atomic E-state index is -4.69. The number of amides is 1. The number of nitrogens with two attached hydrogens (primary N) is 1. The van der Waals surface area contributed by atoms with Gasteiger partial charge >= 0.3 is 6.18 Å². The Balaban J connectivity index is 1.82. The topological polar surface area (TPSA) is 103 Å². The normalized spacial score (nSPS) is 12.2. The van der Waals surface area contributed by atoms with Crippen LogP contribution in [0.1, 0.15) is 16.1 Å². The van der Waals surface area contributed by atoms with E-state index in [1.54, 1.807) is 30.3 Å². The van der Waals surface area contributed by atoms with E-state index < -0.39 is 33.2 Å². The van der Waals surface area contributed by atoms with Crippen LogP contribution in [0.2, 0.25) is 0 Å². The highest BCUT2D eigenvalue weighted by Crippen LogP contribution is 2.38. The van der Waals surface area contributed by atoms with Crippen LogP contribution in [0.4, 0.5) is 13.2 Å². The van der Waals surface area contributed by atoms with Crippen molar-refractivity contribution < 1.29 is 31.1 Å². The van der Waals surface area contributed by atoms with Gasteiger partial charge in [-0.1, -0.05) is 30.3 Å². The van der Waals surface area contributed by atoms with Crippen LogP contribution in [0.25, 0.3) is 22.0 Å². The number of sulfonamides is 1. The Morgan fingerprint density at radius 3 is 2.22 bits per heavy atom. The second-order valence-electron chi connectivity index (χ2n) is 8.01. The lowest BCUT2D eigenvalue weighted by molar-refractivity contribution is -0.136. The fourth-order valence-electron chi connectivity index (χ4n) is 3.61. The number of carbonyl (C=O) groups is 1. The fourth-order valence-corrected chi connectivity index (χ4v) is 4.55. The zero-order valence-electron chi connectivity index (χ0n) is 19.1. The van der Waals surface area contributed by atoms with Gasteiger partial charge in [0.25, 0.3) is 5.91 Å². The molecule has 1 amide bonds. The average molecular weight is 516 g/mol. The van der Waals surface area contributed by atoms with Crippen molar-refractivity contribution in [1.82, 2.24) is 9.29 Å². The van der Waals surface area contributed by atoms with Gasteiger partial charge in [0.2, 0.25) is 10.0 Å². The van der Waals surface area contributed by atoms with Crippen molar-refractivity contribution in [3.63, 3.8) is 0 Å². The van der Waals surface area contributed by atoms with Crippen molar-refractivity contribution in [2.24, 2.45) is 5.73 Å². The molecule has 0 fully saturated rings. The van der Waals surface area contributed by atoms with Crippen LogP contribution >= 0.6 is 0 Å². The van der Waals surface area contributed by atoms with E-state index in [9.17, 15) is 26.4 Å². The molecule has 36 heavy (non-hydrogen) atoms. The first-order valence-electron chi connectivity index (χ1n) is 10.5. The summed E-state index contributed by atoms with van der Waals surface area (Å²) in [6.07, 6.45) is -4.69. The number of nitrogens with zero attached hydrogens (tertiary/aromatic N) is 2. The lowest BCUT2D eigenvalue weighted by Gasteiger charge is -2.15. The van der Waals surface area contributed by atoms with Crippen LogP contribution < -0.4 is 10.5 Å². The van der Waals surface area contributed by atoms with Crippen molar-refractivity contribution in [1.29, 1.82) is 0 Å². The number of ether oxygens (including phenoxy) is 1. The van der Waals surface area contributed by atoms with E-state index >= 15 is 0 Å². The van der Waals surface area contributed by atoms with Gasteiger partial charge in [0.05, 0.1) is 16.0 Å². The van der Waals surface area contributed by atoms with Crippen molar-refractivity contribution in [2.45, 2.75) is 11.1 Å². The van der Waals surface area contributed by atoms with E-state index in [1.165, 1.54) is 50.5 Å². The Kier molecular flexibility index (Phi) is 6.46. The second kappa shape index (κ2) is 9.25. The molecule has 0 bridgehead atoms. The van der Waals surface area contributed by atoms with Crippen LogP contribution in [0.15, 0.2) is 77.7 Å². The highest BCUT2D eigenvalue weighted by atomic mass is 32.2. The maximum absolute atomic E-state index is 13.6.